The molecule has 0 bridgehead atoms. The van der Waals surface area contributed by atoms with E-state index in [-0.39, 0.29) is 84.8 Å². The van der Waals surface area contributed by atoms with Gasteiger partial charge in [0, 0.05) is 32.8 Å². The van der Waals surface area contributed by atoms with E-state index in [1.807, 2.05) is 6.07 Å². The van der Waals surface area contributed by atoms with E-state index in [0.717, 1.165) is 0 Å². The van der Waals surface area contributed by atoms with Gasteiger partial charge < -0.3 is 9.13 Å². The SMILES string of the molecule is N#Cc1ccc(-n2c3ccccc3c3cc(-c4ccc(C(F)(F)F)cc4C(F)(F)F)ccc32)c(-c2cc(-n3c4ccccc4c4cc(-c5ccc(C(F)(F)F)cc5C(F)(F)F)ccc43)ccc2-c2ccc(C(F)(F)F)cc2C(F)(F)F)c1. The van der Waals surface area contributed by atoms with E-state index in [0.29, 0.717) is 58.2 Å². The maximum Gasteiger partial charge on any atom is 0.417 e. The molecule has 0 spiro atoms. The molecule has 2 heterocycles. The summed E-state index contributed by atoms with van der Waals surface area (Å²) in [6.07, 6.45) is -31.4. The zero-order valence-electron chi connectivity index (χ0n) is 40.9. The summed E-state index contributed by atoms with van der Waals surface area (Å²) >= 11 is 0. The summed E-state index contributed by atoms with van der Waals surface area (Å²) in [5.41, 5.74) is -11.2. The van der Waals surface area contributed by atoms with Gasteiger partial charge in [-0.15, -0.1) is 0 Å². The number of fused-ring (bicyclic) bond motifs is 6. The van der Waals surface area contributed by atoms with Crippen molar-refractivity contribution in [1.29, 1.82) is 5.26 Å². The van der Waals surface area contributed by atoms with Gasteiger partial charge in [0.05, 0.1) is 72.8 Å². The van der Waals surface area contributed by atoms with E-state index in [9.17, 15) is 71.1 Å². The number of rotatable bonds is 6. The number of hydrogen-bond donors (Lipinski definition) is 0. The highest BCUT2D eigenvalue weighted by Crippen LogP contribution is 2.49. The normalized spacial score (nSPS) is 13.0. The first-order valence-corrected chi connectivity index (χ1v) is 24.0. The molecule has 9 aromatic carbocycles. The molecule has 11 rings (SSSR count). The second kappa shape index (κ2) is 19.0. The number of nitrogens with zero attached hydrogens (tertiary/aromatic N) is 3. The molecule has 11 aromatic rings. The van der Waals surface area contributed by atoms with Gasteiger partial charge >= 0.3 is 37.1 Å². The Balaban J connectivity index is 1.19. The summed E-state index contributed by atoms with van der Waals surface area (Å²) in [4.78, 5) is 0. The Kier molecular flexibility index (Phi) is 12.7. The molecule has 0 unspecified atom stereocenters. The topological polar surface area (TPSA) is 33.6 Å². The number of alkyl halides is 18. The molecule has 0 atom stereocenters. The Morgan fingerprint density at radius 3 is 1.15 bits per heavy atom. The third kappa shape index (κ3) is 9.58. The van der Waals surface area contributed by atoms with Gasteiger partial charge in [-0.3, -0.25) is 0 Å². The van der Waals surface area contributed by atoms with Crippen molar-refractivity contribution in [1.82, 2.24) is 9.13 Å². The molecule has 0 fully saturated rings. The molecule has 0 amide bonds. The maximum atomic E-state index is 15.2. The van der Waals surface area contributed by atoms with E-state index in [1.54, 1.807) is 57.7 Å². The Labute approximate surface area is 449 Å². The van der Waals surface area contributed by atoms with E-state index in [4.69, 9.17) is 0 Å². The van der Waals surface area contributed by atoms with E-state index < -0.39 is 87.1 Å². The van der Waals surface area contributed by atoms with Crippen LogP contribution in [0.25, 0.3) is 99.5 Å². The average molecular weight is 1150 g/mol. The average Bonchev–Trinajstić information content (AvgIpc) is 2.17. The molecule has 0 aliphatic heterocycles. The molecule has 0 aliphatic carbocycles. The van der Waals surface area contributed by atoms with Crippen molar-refractivity contribution >= 4 is 43.6 Å². The van der Waals surface area contributed by atoms with E-state index in [2.05, 4.69) is 0 Å². The predicted octanol–water partition coefficient (Wildman–Crippen LogP) is 20.5. The number of hydrogen-bond acceptors (Lipinski definition) is 1. The Morgan fingerprint density at radius 1 is 0.293 bits per heavy atom. The Hall–Kier alpha value is -9.19. The Morgan fingerprint density at radius 2 is 0.695 bits per heavy atom. The fourth-order valence-corrected chi connectivity index (χ4v) is 10.6. The van der Waals surface area contributed by atoms with Crippen LogP contribution in [0.15, 0.2) is 176 Å². The van der Waals surface area contributed by atoms with Crippen molar-refractivity contribution < 1.29 is 79.0 Å². The molecule has 0 radical (unpaired) electrons. The van der Waals surface area contributed by atoms with Crippen LogP contribution in [0.4, 0.5) is 79.0 Å². The number of halogens is 18. The van der Waals surface area contributed by atoms with Gasteiger partial charge in [0.1, 0.15) is 0 Å². The molecular formula is C61H29F18N3. The summed E-state index contributed by atoms with van der Waals surface area (Å²) in [6, 6.07) is 33.9. The summed E-state index contributed by atoms with van der Waals surface area (Å²) in [5.74, 6) is 0. The minimum atomic E-state index is -5.43. The summed E-state index contributed by atoms with van der Waals surface area (Å²) in [7, 11) is 0. The van der Waals surface area contributed by atoms with Crippen molar-refractivity contribution in [2.24, 2.45) is 0 Å². The summed E-state index contributed by atoms with van der Waals surface area (Å²) < 4.78 is 261. The molecule has 414 valence electrons. The van der Waals surface area contributed by atoms with Crippen molar-refractivity contribution in [2.75, 3.05) is 0 Å². The third-order valence-corrected chi connectivity index (χ3v) is 14.1. The number of para-hydroxylation sites is 2. The van der Waals surface area contributed by atoms with Crippen LogP contribution in [0.2, 0.25) is 0 Å². The number of benzene rings is 9. The van der Waals surface area contributed by atoms with Crippen LogP contribution in [0.5, 0.6) is 0 Å². The first kappa shape index (κ1) is 54.8. The molecular weight excluding hydrogens is 1120 g/mol. The molecule has 0 saturated heterocycles. The van der Waals surface area contributed by atoms with Crippen LogP contribution in [-0.4, -0.2) is 9.13 Å². The third-order valence-electron chi connectivity index (χ3n) is 14.1. The lowest BCUT2D eigenvalue weighted by molar-refractivity contribution is -0.144. The highest BCUT2D eigenvalue weighted by atomic mass is 19.4. The largest absolute Gasteiger partial charge is 0.417 e. The monoisotopic (exact) mass is 1150 g/mol. The van der Waals surface area contributed by atoms with Gasteiger partial charge in [-0.1, -0.05) is 72.8 Å². The van der Waals surface area contributed by atoms with Gasteiger partial charge in [-0.05, 0) is 142 Å². The second-order valence-corrected chi connectivity index (χ2v) is 19.0. The van der Waals surface area contributed by atoms with Gasteiger partial charge in [0.25, 0.3) is 0 Å². The lowest BCUT2D eigenvalue weighted by atomic mass is 9.88. The van der Waals surface area contributed by atoms with Gasteiger partial charge in [0.2, 0.25) is 0 Å². The van der Waals surface area contributed by atoms with Crippen LogP contribution >= 0.6 is 0 Å². The van der Waals surface area contributed by atoms with Crippen molar-refractivity contribution in [3.63, 3.8) is 0 Å². The molecule has 0 aliphatic rings. The van der Waals surface area contributed by atoms with E-state index in [1.165, 1.54) is 72.8 Å². The standard InChI is InChI=1S/C61H29F18N3/c62-56(63,64)34-12-16-38(48(26-34)59(71,72)73)32-10-21-53-46(24-32)42-5-1-3-7-51(42)81(53)37-15-19-40(41-18-14-36(58(68,69)70)28-50(41)61(77,78)79)44(29-37)45-23-31(30-80)9-20-54(45)82-52-8-4-2-6-43(52)47-25-33(11-22-55(47)82)39-17-13-35(57(65,66)67)27-49(39)60(74,75)76/h1-29H. The maximum absolute atomic E-state index is 15.2. The molecule has 82 heavy (non-hydrogen) atoms. The number of nitriles is 1. The van der Waals surface area contributed by atoms with Gasteiger partial charge in [0.15, 0.2) is 0 Å². The van der Waals surface area contributed by atoms with Crippen LogP contribution < -0.4 is 0 Å². The highest BCUT2D eigenvalue weighted by Gasteiger charge is 2.42. The minimum absolute atomic E-state index is 0.00464. The lowest BCUT2D eigenvalue weighted by Gasteiger charge is -2.22. The fourth-order valence-electron chi connectivity index (χ4n) is 10.6. The zero-order chi connectivity index (χ0) is 58.8. The van der Waals surface area contributed by atoms with E-state index >= 15 is 13.2 Å². The van der Waals surface area contributed by atoms with Crippen LogP contribution in [0, 0.1) is 11.3 Å². The zero-order valence-corrected chi connectivity index (χ0v) is 40.9. The van der Waals surface area contributed by atoms with Gasteiger partial charge in [-0.25, -0.2) is 0 Å². The molecule has 3 nitrogen and oxygen atoms in total. The fraction of sp³-hybridized carbons (Fsp3) is 0.0984. The quantitative estimate of drug-likeness (QED) is 0.153. The summed E-state index contributed by atoms with van der Waals surface area (Å²) in [5, 5.41) is 11.6. The predicted molar refractivity (Wildman–Crippen MR) is 272 cm³/mol. The van der Waals surface area contributed by atoms with Crippen LogP contribution in [0.1, 0.15) is 38.9 Å². The second-order valence-electron chi connectivity index (χ2n) is 19.0. The summed E-state index contributed by atoms with van der Waals surface area (Å²) in [6.45, 7) is 0. The smallest absolute Gasteiger partial charge is 0.309 e. The lowest BCUT2D eigenvalue weighted by Crippen LogP contribution is -2.12. The first-order valence-electron chi connectivity index (χ1n) is 24.0. The molecule has 0 saturated carbocycles. The minimum Gasteiger partial charge on any atom is -0.309 e. The molecule has 2 aromatic heterocycles. The van der Waals surface area contributed by atoms with Crippen LogP contribution in [-0.2, 0) is 37.1 Å². The van der Waals surface area contributed by atoms with Gasteiger partial charge in [-0.2, -0.15) is 84.3 Å². The van der Waals surface area contributed by atoms with Crippen molar-refractivity contribution in [3.05, 3.63) is 215 Å². The number of aromatic nitrogens is 2. The Bertz CT molecular complexity index is 4440. The van der Waals surface area contributed by atoms with Crippen molar-refractivity contribution in [2.45, 2.75) is 37.1 Å². The molecule has 0 N–H and O–H groups in total. The van der Waals surface area contributed by atoms with Crippen molar-refractivity contribution in [3.8, 4) is 62.0 Å². The molecule has 21 heteroatoms. The van der Waals surface area contributed by atoms with Crippen LogP contribution in [0.3, 0.4) is 0 Å². The first-order chi connectivity index (χ1) is 38.4. The highest BCUT2D eigenvalue weighted by molar-refractivity contribution is 6.12.